The van der Waals surface area contributed by atoms with Crippen molar-refractivity contribution in [2.75, 3.05) is 25.5 Å². The van der Waals surface area contributed by atoms with Gasteiger partial charge < -0.3 is 29.4 Å². The fourth-order valence-electron chi connectivity index (χ4n) is 2.98. The lowest BCUT2D eigenvalue weighted by atomic mass is 10.1. The van der Waals surface area contributed by atoms with Crippen LogP contribution in [0.3, 0.4) is 0 Å². The molecule has 0 amide bonds. The van der Waals surface area contributed by atoms with Crippen molar-refractivity contribution in [3.8, 4) is 0 Å². The summed E-state index contributed by atoms with van der Waals surface area (Å²) in [6, 6.07) is 0. The maximum Gasteiger partial charge on any atom is 0.361 e. The third kappa shape index (κ3) is 9.24. The van der Waals surface area contributed by atoms with Crippen LogP contribution in [-0.2, 0) is 34.9 Å². The van der Waals surface area contributed by atoms with Crippen LogP contribution in [0.15, 0.2) is 17.5 Å². The predicted molar refractivity (Wildman–Crippen MR) is 134 cm³/mol. The Bertz CT molecular complexity index is 1080. The molecule has 206 valence electrons. The van der Waals surface area contributed by atoms with Crippen molar-refractivity contribution in [3.05, 3.63) is 12.7 Å². The zero-order chi connectivity index (χ0) is 27.6. The molecule has 15 heteroatoms. The molecule has 0 saturated carbocycles. The van der Waals surface area contributed by atoms with E-state index < -0.39 is 43.8 Å². The minimum absolute atomic E-state index is 0.0839. The third-order valence-corrected chi connectivity index (χ3v) is 5.85. The van der Waals surface area contributed by atoms with E-state index in [0.717, 1.165) is 0 Å². The average Bonchev–Trinajstić information content (AvgIpc) is 3.24. The summed E-state index contributed by atoms with van der Waals surface area (Å²) in [7, 11) is -2.70. The van der Waals surface area contributed by atoms with Gasteiger partial charge in [-0.3, -0.25) is 4.79 Å². The van der Waals surface area contributed by atoms with Crippen LogP contribution in [0.5, 0.6) is 0 Å². The molecule has 2 unspecified atom stereocenters. The van der Waals surface area contributed by atoms with E-state index in [4.69, 9.17) is 24.5 Å². The summed E-state index contributed by atoms with van der Waals surface area (Å²) >= 11 is 0. The number of esters is 2. The van der Waals surface area contributed by atoms with Crippen LogP contribution < -0.4 is 16.1 Å². The number of nitrogens with zero attached hydrogens (tertiary/aromatic N) is 5. The Labute approximate surface area is 216 Å². The molecule has 2 rings (SSSR count). The standard InChI is InChI=1S/C22H36N7O7P/c1-7-8-33-20(30)15(4)9-27-28-37(32)36-22(6,21(31)35-14(2)3)11-34-16(5)10-29-13-26-17-18(23)24-12-25-19(17)29/h12-16,27H,7-11H2,1-6H3,(H2,23,24,25)/t15?,16-,22+/m1/s1. The molecule has 2 aromatic heterocycles. The molecule has 37 heavy (non-hydrogen) atoms. The molecule has 0 aliphatic rings. The van der Waals surface area contributed by atoms with Crippen LogP contribution in [0, 0.1) is 5.92 Å². The van der Waals surface area contributed by atoms with Crippen LogP contribution in [-0.4, -0.2) is 69.0 Å². The lowest BCUT2D eigenvalue weighted by molar-refractivity contribution is -0.201. The van der Waals surface area contributed by atoms with Crippen molar-refractivity contribution in [2.24, 2.45) is 10.8 Å². The first-order valence-corrected chi connectivity index (χ1v) is 13.1. The minimum Gasteiger partial charge on any atom is -0.582 e. The molecule has 0 saturated heterocycles. The molecule has 0 aliphatic heterocycles. The van der Waals surface area contributed by atoms with Crippen LogP contribution in [0.25, 0.3) is 11.2 Å². The highest BCUT2D eigenvalue weighted by molar-refractivity contribution is 7.33. The van der Waals surface area contributed by atoms with Gasteiger partial charge in [-0.2, -0.15) is 5.43 Å². The Morgan fingerprint density at radius 3 is 2.68 bits per heavy atom. The number of fused-ring (bicyclic) bond motifs is 1. The quantitative estimate of drug-likeness (QED) is 0.188. The smallest absolute Gasteiger partial charge is 0.361 e. The van der Waals surface area contributed by atoms with Crippen LogP contribution >= 0.6 is 8.17 Å². The summed E-state index contributed by atoms with van der Waals surface area (Å²) in [6.45, 7) is 10.6. The fraction of sp³-hybridized carbons (Fsp3) is 0.682. The van der Waals surface area contributed by atoms with E-state index in [0.29, 0.717) is 30.7 Å². The minimum atomic E-state index is -2.70. The third-order valence-electron chi connectivity index (χ3n) is 4.98. The van der Waals surface area contributed by atoms with Gasteiger partial charge in [-0.15, -0.1) is 4.52 Å². The summed E-state index contributed by atoms with van der Waals surface area (Å²) in [4.78, 5) is 53.2. The topological polar surface area (TPSA) is 188 Å². The molecule has 0 aliphatic carbocycles. The number of anilines is 1. The van der Waals surface area contributed by atoms with Crippen molar-refractivity contribution < 1.29 is 33.2 Å². The number of hydrogen-bond donors (Lipinski definition) is 2. The second-order valence-corrected chi connectivity index (χ2v) is 9.85. The molecule has 0 bridgehead atoms. The predicted octanol–water partition coefficient (Wildman–Crippen LogP) is 1.49. The van der Waals surface area contributed by atoms with E-state index in [2.05, 4.69) is 25.2 Å². The molecule has 2 heterocycles. The fourth-order valence-corrected chi connectivity index (χ4v) is 3.69. The number of nitrogens with one attached hydrogen (secondary N) is 1. The number of hydrogen-bond acceptors (Lipinski definition) is 12. The summed E-state index contributed by atoms with van der Waals surface area (Å²) in [5.41, 5.74) is 7.68. The maximum atomic E-state index is 12.8. The van der Waals surface area contributed by atoms with E-state index in [-0.39, 0.29) is 19.0 Å². The van der Waals surface area contributed by atoms with Crippen LogP contribution in [0.4, 0.5) is 5.82 Å². The van der Waals surface area contributed by atoms with Crippen molar-refractivity contribution >= 4 is 37.1 Å². The van der Waals surface area contributed by atoms with Gasteiger partial charge in [-0.25, -0.2) is 19.7 Å². The van der Waals surface area contributed by atoms with Crippen LogP contribution in [0.2, 0.25) is 0 Å². The van der Waals surface area contributed by atoms with Gasteiger partial charge in [-0.05, 0) is 34.1 Å². The highest BCUT2D eigenvalue weighted by Crippen LogP contribution is 2.28. The first kappa shape index (κ1) is 30.5. The van der Waals surface area contributed by atoms with Gasteiger partial charge in [-0.1, -0.05) is 13.8 Å². The maximum absolute atomic E-state index is 12.8. The molecule has 0 radical (unpaired) electrons. The molecule has 14 nitrogen and oxygen atoms in total. The van der Waals surface area contributed by atoms with E-state index in [1.54, 1.807) is 38.6 Å². The summed E-state index contributed by atoms with van der Waals surface area (Å²) in [6.07, 6.45) is 2.77. The average molecular weight is 542 g/mol. The molecule has 0 fully saturated rings. The van der Waals surface area contributed by atoms with Crippen molar-refractivity contribution in [2.45, 2.75) is 72.3 Å². The van der Waals surface area contributed by atoms with E-state index in [9.17, 15) is 14.5 Å². The zero-order valence-electron chi connectivity index (χ0n) is 22.0. The number of carbonyl (C=O) groups is 2. The Hall–Kier alpha value is -2.77. The van der Waals surface area contributed by atoms with E-state index >= 15 is 0 Å². The molecular formula is C22H36N7O7P. The lowest BCUT2D eigenvalue weighted by Crippen LogP contribution is -2.45. The van der Waals surface area contributed by atoms with Crippen LogP contribution in [0.1, 0.15) is 48.0 Å². The largest absolute Gasteiger partial charge is 0.582 e. The SMILES string of the molecule is CCCOC(=O)C(C)CN/N=[P+](\[O-])O[C@@](C)(CO[C@H](C)Cn1cnc2c(N)ncnc21)C(=O)OC(C)C. The first-order valence-electron chi connectivity index (χ1n) is 12.0. The second-order valence-electron chi connectivity index (χ2n) is 8.99. The normalized spacial score (nSPS) is 15.4. The lowest BCUT2D eigenvalue weighted by Gasteiger charge is -2.26. The van der Waals surface area contributed by atoms with Crippen molar-refractivity contribution in [1.82, 2.24) is 24.9 Å². The van der Waals surface area contributed by atoms with Gasteiger partial charge in [0.15, 0.2) is 11.5 Å². The highest BCUT2D eigenvalue weighted by Gasteiger charge is 2.43. The first-order chi connectivity index (χ1) is 17.5. The van der Waals surface area contributed by atoms with E-state index in [1.807, 2.05) is 6.92 Å². The number of imidazole rings is 1. The molecule has 0 spiro atoms. The highest BCUT2D eigenvalue weighted by atomic mass is 31.1. The Kier molecular flexibility index (Phi) is 11.7. The monoisotopic (exact) mass is 541 g/mol. The molecule has 3 N–H and O–H groups in total. The van der Waals surface area contributed by atoms with Gasteiger partial charge in [0, 0.05) is 11.4 Å². The number of carbonyl (C=O) groups excluding carboxylic acids is 2. The molecule has 4 atom stereocenters. The Balaban J connectivity index is 2.02. The van der Waals surface area contributed by atoms with Gasteiger partial charge in [0.2, 0.25) is 5.60 Å². The van der Waals surface area contributed by atoms with Gasteiger partial charge in [0.25, 0.3) is 0 Å². The number of nitrogens with two attached hydrogens (primary N) is 1. The van der Waals surface area contributed by atoms with Gasteiger partial charge >= 0.3 is 20.1 Å². The summed E-state index contributed by atoms with van der Waals surface area (Å²) < 4.78 is 23.5. The molecule has 0 aromatic carbocycles. The summed E-state index contributed by atoms with van der Waals surface area (Å²) in [5.74, 6) is -1.39. The van der Waals surface area contributed by atoms with Crippen molar-refractivity contribution in [3.63, 3.8) is 0 Å². The van der Waals surface area contributed by atoms with Gasteiger partial charge in [0.1, 0.15) is 11.8 Å². The summed E-state index contributed by atoms with van der Waals surface area (Å²) in [5, 5.41) is 0. The number of nitrogen functional groups attached to an aromatic ring is 1. The Morgan fingerprint density at radius 1 is 1.27 bits per heavy atom. The molecular weight excluding hydrogens is 505 g/mol. The molecule has 2 aromatic rings. The van der Waals surface area contributed by atoms with E-state index in [1.165, 1.54) is 13.3 Å². The zero-order valence-corrected chi connectivity index (χ0v) is 22.9. The second kappa shape index (κ2) is 14.2. The number of rotatable bonds is 15. The number of ether oxygens (including phenoxy) is 3. The van der Waals surface area contributed by atoms with Crippen molar-refractivity contribution in [1.29, 1.82) is 0 Å². The Morgan fingerprint density at radius 2 is 2.00 bits per heavy atom. The van der Waals surface area contributed by atoms with Gasteiger partial charge in [0.05, 0.1) is 44.2 Å². The number of aromatic nitrogens is 4.